The average Bonchev–Trinajstić information content (AvgIpc) is 3.06. The lowest BCUT2D eigenvalue weighted by atomic mass is 10.0. The number of phosphoric ester groups is 1. The molecule has 0 fully saturated rings. The van der Waals surface area contributed by atoms with E-state index in [0.717, 1.165) is 57.8 Å². The maximum Gasteiger partial charge on any atom is 0.472 e. The van der Waals surface area contributed by atoms with Crippen LogP contribution in [-0.4, -0.2) is 69.0 Å². The molecule has 0 saturated heterocycles. The number of carbonyl (C=O) groups is 1. The van der Waals surface area contributed by atoms with Crippen molar-refractivity contribution in [3.63, 3.8) is 0 Å². The van der Waals surface area contributed by atoms with Gasteiger partial charge in [-0.3, -0.25) is 13.8 Å². The molecule has 294 valence electrons. The number of hydrogen-bond donors (Lipinski definition) is 1. The quantitative estimate of drug-likeness (QED) is 0.0170. The van der Waals surface area contributed by atoms with E-state index >= 15 is 0 Å². The largest absolute Gasteiger partial charge is 0.498 e. The predicted molar refractivity (Wildman–Crippen MR) is 210 cm³/mol. The Kier molecular flexibility index (Phi) is 33.6. The molecule has 0 aliphatic heterocycles. The summed E-state index contributed by atoms with van der Waals surface area (Å²) in [6.07, 6.45) is 39.8. The lowest BCUT2D eigenvalue weighted by molar-refractivity contribution is -0.870. The van der Waals surface area contributed by atoms with Crippen molar-refractivity contribution < 1.29 is 37.3 Å². The SMILES string of the molecule is CCCC/C=C/C/C=C/CCCCCCCC(=O)O[C@H](CO/C=C/CCCCCCCCCCCCCC)COP(=O)(O)OCC[N+](C)(C)C. The van der Waals surface area contributed by atoms with Gasteiger partial charge in [0, 0.05) is 6.42 Å². The predicted octanol–water partition coefficient (Wildman–Crippen LogP) is 11.8. The second kappa shape index (κ2) is 34.6. The first-order valence-corrected chi connectivity index (χ1v) is 21.8. The van der Waals surface area contributed by atoms with Gasteiger partial charge in [0.05, 0.1) is 34.0 Å². The molecule has 1 unspecified atom stereocenters. The van der Waals surface area contributed by atoms with Crippen LogP contribution in [0.5, 0.6) is 0 Å². The summed E-state index contributed by atoms with van der Waals surface area (Å²) in [4.78, 5) is 22.8. The summed E-state index contributed by atoms with van der Waals surface area (Å²) in [6, 6.07) is 0. The van der Waals surface area contributed by atoms with E-state index in [1.165, 1.54) is 89.9 Å². The fourth-order valence-electron chi connectivity index (χ4n) is 5.30. The maximum absolute atomic E-state index is 12.6. The molecule has 0 radical (unpaired) electrons. The van der Waals surface area contributed by atoms with Gasteiger partial charge in [-0.05, 0) is 51.0 Å². The van der Waals surface area contributed by atoms with Crippen molar-refractivity contribution >= 4 is 13.8 Å². The van der Waals surface area contributed by atoms with Crippen molar-refractivity contribution in [1.29, 1.82) is 0 Å². The summed E-state index contributed by atoms with van der Waals surface area (Å²) in [5, 5.41) is 0. The van der Waals surface area contributed by atoms with E-state index in [9.17, 15) is 14.3 Å². The number of likely N-dealkylation sites (N-methyl/N-ethyl adjacent to an activating group) is 1. The Morgan fingerprint density at radius 2 is 1.14 bits per heavy atom. The van der Waals surface area contributed by atoms with Gasteiger partial charge in [0.2, 0.25) is 0 Å². The van der Waals surface area contributed by atoms with Crippen LogP contribution in [0.4, 0.5) is 0 Å². The summed E-state index contributed by atoms with van der Waals surface area (Å²) in [5.41, 5.74) is 0. The molecule has 0 spiro atoms. The minimum absolute atomic E-state index is 0.0433. The molecular formula is C41H79NO7P+. The molecule has 8 nitrogen and oxygen atoms in total. The third-order valence-electron chi connectivity index (χ3n) is 8.52. The summed E-state index contributed by atoms with van der Waals surface area (Å²) in [6.45, 7) is 4.87. The molecular weight excluding hydrogens is 649 g/mol. The van der Waals surface area contributed by atoms with E-state index in [-0.39, 0.29) is 25.8 Å². The summed E-state index contributed by atoms with van der Waals surface area (Å²) < 4.78 is 34.6. The molecule has 0 aromatic carbocycles. The smallest absolute Gasteiger partial charge is 0.472 e. The highest BCUT2D eigenvalue weighted by Crippen LogP contribution is 2.43. The zero-order chi connectivity index (χ0) is 37.0. The molecule has 0 saturated carbocycles. The lowest BCUT2D eigenvalue weighted by Gasteiger charge is -2.24. The van der Waals surface area contributed by atoms with E-state index in [1.54, 1.807) is 6.26 Å². The Morgan fingerprint density at radius 1 is 0.640 bits per heavy atom. The first-order valence-electron chi connectivity index (χ1n) is 20.3. The first-order chi connectivity index (χ1) is 24.1. The van der Waals surface area contributed by atoms with Gasteiger partial charge in [-0.15, -0.1) is 0 Å². The van der Waals surface area contributed by atoms with E-state index < -0.39 is 13.9 Å². The van der Waals surface area contributed by atoms with Crippen molar-refractivity contribution in [3.8, 4) is 0 Å². The van der Waals surface area contributed by atoms with Crippen molar-refractivity contribution in [1.82, 2.24) is 0 Å². The molecule has 0 aromatic rings. The highest BCUT2D eigenvalue weighted by molar-refractivity contribution is 7.47. The van der Waals surface area contributed by atoms with E-state index in [0.29, 0.717) is 17.4 Å². The van der Waals surface area contributed by atoms with Crippen LogP contribution in [0.15, 0.2) is 36.6 Å². The molecule has 0 aliphatic rings. The summed E-state index contributed by atoms with van der Waals surface area (Å²) >= 11 is 0. The first kappa shape index (κ1) is 48.6. The number of quaternary nitrogens is 1. The van der Waals surface area contributed by atoms with Gasteiger partial charge in [-0.2, -0.15) is 0 Å². The number of nitrogens with zero attached hydrogens (tertiary/aromatic N) is 1. The van der Waals surface area contributed by atoms with Crippen LogP contribution < -0.4 is 0 Å². The van der Waals surface area contributed by atoms with Crippen LogP contribution in [0.1, 0.15) is 168 Å². The average molecular weight is 729 g/mol. The number of hydrogen-bond acceptors (Lipinski definition) is 6. The number of carbonyl (C=O) groups excluding carboxylic acids is 1. The van der Waals surface area contributed by atoms with Crippen LogP contribution in [0.25, 0.3) is 0 Å². The Balaban J connectivity index is 4.36. The van der Waals surface area contributed by atoms with E-state index in [4.69, 9.17) is 18.5 Å². The monoisotopic (exact) mass is 729 g/mol. The Hall–Kier alpha value is -1.44. The number of allylic oxidation sites excluding steroid dienone is 5. The van der Waals surface area contributed by atoms with Gasteiger partial charge < -0.3 is 18.9 Å². The van der Waals surface area contributed by atoms with Crippen LogP contribution in [0.2, 0.25) is 0 Å². The molecule has 1 N–H and O–H groups in total. The fourth-order valence-corrected chi connectivity index (χ4v) is 6.04. The Labute approximate surface area is 308 Å². The third kappa shape index (κ3) is 37.8. The van der Waals surface area contributed by atoms with Gasteiger partial charge in [-0.1, -0.05) is 141 Å². The second-order valence-corrected chi connectivity index (χ2v) is 16.2. The summed E-state index contributed by atoms with van der Waals surface area (Å²) in [7, 11) is 1.62. The van der Waals surface area contributed by atoms with Gasteiger partial charge in [0.25, 0.3) is 0 Å². The number of phosphoric acid groups is 1. The lowest BCUT2D eigenvalue weighted by Crippen LogP contribution is -2.37. The van der Waals surface area contributed by atoms with Gasteiger partial charge >= 0.3 is 13.8 Å². The minimum Gasteiger partial charge on any atom is -0.498 e. The molecule has 50 heavy (non-hydrogen) atoms. The zero-order valence-corrected chi connectivity index (χ0v) is 34.0. The van der Waals surface area contributed by atoms with Gasteiger partial charge in [0.15, 0.2) is 6.10 Å². The molecule has 0 aliphatic carbocycles. The highest BCUT2D eigenvalue weighted by atomic mass is 31.2. The minimum atomic E-state index is -4.29. The van der Waals surface area contributed by atoms with Crippen molar-refractivity contribution in [2.45, 2.75) is 174 Å². The van der Waals surface area contributed by atoms with E-state index in [1.807, 2.05) is 27.2 Å². The van der Waals surface area contributed by atoms with Crippen LogP contribution in [0.3, 0.4) is 0 Å². The Morgan fingerprint density at radius 3 is 1.70 bits per heavy atom. The molecule has 0 rings (SSSR count). The van der Waals surface area contributed by atoms with Gasteiger partial charge in [0.1, 0.15) is 19.8 Å². The van der Waals surface area contributed by atoms with E-state index in [2.05, 4.69) is 38.2 Å². The zero-order valence-electron chi connectivity index (χ0n) is 33.1. The molecule has 0 aromatic heterocycles. The molecule has 0 amide bonds. The van der Waals surface area contributed by atoms with Crippen molar-refractivity contribution in [2.24, 2.45) is 0 Å². The fraction of sp³-hybridized carbons (Fsp3) is 0.829. The van der Waals surface area contributed by atoms with Crippen molar-refractivity contribution in [3.05, 3.63) is 36.6 Å². The van der Waals surface area contributed by atoms with Crippen LogP contribution >= 0.6 is 7.82 Å². The molecule has 0 heterocycles. The summed E-state index contributed by atoms with van der Waals surface area (Å²) in [5.74, 6) is -0.351. The topological polar surface area (TPSA) is 91.3 Å². The number of ether oxygens (including phenoxy) is 2. The highest BCUT2D eigenvalue weighted by Gasteiger charge is 2.26. The normalized spacial score (nSPS) is 14.2. The number of rotatable bonds is 37. The Bertz CT molecular complexity index is 900. The van der Waals surface area contributed by atoms with Crippen LogP contribution in [0, 0.1) is 0 Å². The standard InChI is InChI=1S/C41H78NO7P/c1-6-8-10-12-14-16-18-20-22-24-26-28-30-32-34-41(43)49-40(39-48-50(44,45)47-37-35-42(3,4)5)38-46-36-33-31-29-27-25-23-21-19-17-15-13-11-9-7-2/h12,14,18,20,33,36,40H,6-11,13,15-17,19,21-32,34-35,37-39H2,1-5H3/p+1/b14-12+,20-18+,36-33+/t40-/m1/s1. The van der Waals surface area contributed by atoms with Gasteiger partial charge in [-0.25, -0.2) is 4.57 Å². The molecule has 9 heteroatoms. The number of unbranched alkanes of at least 4 members (excludes halogenated alkanes) is 19. The third-order valence-corrected chi connectivity index (χ3v) is 9.50. The second-order valence-electron chi connectivity index (χ2n) is 14.7. The number of esters is 1. The molecule has 0 bridgehead atoms. The molecule has 2 atom stereocenters. The maximum atomic E-state index is 12.6. The van der Waals surface area contributed by atoms with Crippen LogP contribution in [-0.2, 0) is 27.9 Å². The van der Waals surface area contributed by atoms with Crippen molar-refractivity contribution in [2.75, 3.05) is 47.5 Å².